The van der Waals surface area contributed by atoms with Crippen LogP contribution >= 0.6 is 22.7 Å². The second kappa shape index (κ2) is 4.65. The molecule has 4 heteroatoms. The Bertz CT molecular complexity index is 485. The number of hydrogen-bond donors (Lipinski definition) is 1. The van der Waals surface area contributed by atoms with Gasteiger partial charge in [0.1, 0.15) is 5.01 Å². The molecule has 1 atom stereocenters. The van der Waals surface area contributed by atoms with Crippen molar-refractivity contribution < 1.29 is 0 Å². The van der Waals surface area contributed by atoms with Crippen molar-refractivity contribution in [2.24, 2.45) is 5.73 Å². The summed E-state index contributed by atoms with van der Waals surface area (Å²) in [6, 6.07) is 2.06. The summed E-state index contributed by atoms with van der Waals surface area (Å²) in [6.45, 7) is 6.36. The highest BCUT2D eigenvalue weighted by Crippen LogP contribution is 2.31. The number of aromatic nitrogens is 1. The molecule has 0 amide bonds. The highest BCUT2D eigenvalue weighted by atomic mass is 32.1. The van der Waals surface area contributed by atoms with Crippen LogP contribution in [-0.4, -0.2) is 4.98 Å². The van der Waals surface area contributed by atoms with Gasteiger partial charge in [-0.3, -0.25) is 0 Å². The summed E-state index contributed by atoms with van der Waals surface area (Å²) in [6.07, 6.45) is 0.985. The van der Waals surface area contributed by atoms with E-state index in [9.17, 15) is 0 Å². The van der Waals surface area contributed by atoms with Crippen molar-refractivity contribution in [2.75, 3.05) is 0 Å². The minimum absolute atomic E-state index is 0.0519. The van der Waals surface area contributed by atoms with Gasteiger partial charge in [0.15, 0.2) is 0 Å². The maximum Gasteiger partial charge on any atom is 0.115 e. The van der Waals surface area contributed by atoms with E-state index < -0.39 is 0 Å². The predicted molar refractivity (Wildman–Crippen MR) is 71.3 cm³/mol. The first-order valence-electron chi connectivity index (χ1n) is 5.39. The van der Waals surface area contributed by atoms with Crippen molar-refractivity contribution >= 4 is 22.7 Å². The Hall–Kier alpha value is -0.710. The lowest BCUT2D eigenvalue weighted by Crippen LogP contribution is -2.11. The van der Waals surface area contributed by atoms with Gasteiger partial charge in [-0.05, 0) is 37.3 Å². The summed E-state index contributed by atoms with van der Waals surface area (Å²) in [5, 5.41) is 3.13. The average molecular weight is 252 g/mol. The molecule has 2 N–H and O–H groups in total. The van der Waals surface area contributed by atoms with Gasteiger partial charge in [0.25, 0.3) is 0 Å². The van der Waals surface area contributed by atoms with Crippen molar-refractivity contribution in [3.63, 3.8) is 0 Å². The first kappa shape index (κ1) is 11.8. The van der Waals surface area contributed by atoms with E-state index in [0.29, 0.717) is 0 Å². The first-order chi connectivity index (χ1) is 7.63. The molecular weight excluding hydrogens is 236 g/mol. The molecule has 2 aromatic rings. The van der Waals surface area contributed by atoms with Crippen molar-refractivity contribution in [1.82, 2.24) is 4.98 Å². The van der Waals surface area contributed by atoms with Gasteiger partial charge >= 0.3 is 0 Å². The van der Waals surface area contributed by atoms with E-state index in [1.54, 1.807) is 22.7 Å². The molecule has 2 heterocycles. The molecule has 0 aromatic carbocycles. The van der Waals surface area contributed by atoms with Gasteiger partial charge in [-0.1, -0.05) is 6.92 Å². The molecule has 0 spiro atoms. The summed E-state index contributed by atoms with van der Waals surface area (Å²) in [7, 11) is 0. The fourth-order valence-electron chi connectivity index (χ4n) is 1.73. The Labute approximate surface area is 104 Å². The third kappa shape index (κ3) is 2.05. The van der Waals surface area contributed by atoms with Crippen molar-refractivity contribution in [3.8, 4) is 0 Å². The van der Waals surface area contributed by atoms with E-state index in [4.69, 9.17) is 5.73 Å². The monoisotopic (exact) mass is 252 g/mol. The molecule has 0 aliphatic heterocycles. The van der Waals surface area contributed by atoms with E-state index in [1.807, 2.05) is 0 Å². The highest BCUT2D eigenvalue weighted by Gasteiger charge is 2.17. The lowest BCUT2D eigenvalue weighted by molar-refractivity contribution is 0.855. The van der Waals surface area contributed by atoms with Crippen LogP contribution < -0.4 is 5.73 Å². The van der Waals surface area contributed by atoms with Crippen LogP contribution in [0.5, 0.6) is 0 Å². The van der Waals surface area contributed by atoms with E-state index in [0.717, 1.165) is 11.4 Å². The molecule has 2 rings (SSSR count). The molecule has 2 aromatic heterocycles. The summed E-state index contributed by atoms with van der Waals surface area (Å²) in [5.41, 5.74) is 8.71. The predicted octanol–water partition coefficient (Wildman–Crippen LogP) is 3.43. The number of nitrogens with two attached hydrogens (primary N) is 1. The van der Waals surface area contributed by atoms with Crippen LogP contribution in [0.15, 0.2) is 11.4 Å². The third-order valence-corrected chi connectivity index (χ3v) is 4.89. The van der Waals surface area contributed by atoms with Crippen LogP contribution in [0.25, 0.3) is 0 Å². The fraction of sp³-hybridized carbons (Fsp3) is 0.417. The summed E-state index contributed by atoms with van der Waals surface area (Å²) < 4.78 is 0. The van der Waals surface area contributed by atoms with Gasteiger partial charge in [0.2, 0.25) is 0 Å². The molecular formula is C12H16N2S2. The normalized spacial score (nSPS) is 13.0. The zero-order chi connectivity index (χ0) is 11.7. The molecule has 0 bridgehead atoms. The Morgan fingerprint density at radius 2 is 2.19 bits per heavy atom. The Morgan fingerprint density at radius 3 is 2.69 bits per heavy atom. The number of thiophene rings is 1. The second-order valence-electron chi connectivity index (χ2n) is 3.85. The van der Waals surface area contributed by atoms with Crippen LogP contribution in [0, 0.1) is 13.8 Å². The van der Waals surface area contributed by atoms with Gasteiger partial charge < -0.3 is 5.73 Å². The standard InChI is InChI=1S/C12H16N2S2/c1-4-9-8(3)16-12(14-9)10(13)11-7(2)5-6-15-11/h5-6,10H,4,13H2,1-3H3. The molecule has 16 heavy (non-hydrogen) atoms. The van der Waals surface area contributed by atoms with Crippen molar-refractivity contribution in [2.45, 2.75) is 33.2 Å². The van der Waals surface area contributed by atoms with Crippen LogP contribution in [-0.2, 0) is 6.42 Å². The molecule has 1 unspecified atom stereocenters. The smallest absolute Gasteiger partial charge is 0.115 e. The van der Waals surface area contributed by atoms with Gasteiger partial charge in [0.05, 0.1) is 11.7 Å². The quantitative estimate of drug-likeness (QED) is 0.909. The zero-order valence-corrected chi connectivity index (χ0v) is 11.4. The first-order valence-corrected chi connectivity index (χ1v) is 7.08. The Balaban J connectivity index is 2.34. The van der Waals surface area contributed by atoms with Gasteiger partial charge in [-0.2, -0.15) is 0 Å². The maximum absolute atomic E-state index is 6.26. The van der Waals surface area contributed by atoms with E-state index in [-0.39, 0.29) is 6.04 Å². The second-order valence-corrected chi connectivity index (χ2v) is 6.04. The van der Waals surface area contributed by atoms with Crippen LogP contribution in [0.2, 0.25) is 0 Å². The van der Waals surface area contributed by atoms with Crippen LogP contribution in [0.3, 0.4) is 0 Å². The molecule has 0 aliphatic carbocycles. The SMILES string of the molecule is CCc1nc(C(N)c2sccc2C)sc1C. The topological polar surface area (TPSA) is 38.9 Å². The fourth-order valence-corrected chi connectivity index (χ4v) is 3.75. The zero-order valence-electron chi connectivity index (χ0n) is 9.78. The molecule has 0 saturated carbocycles. The minimum atomic E-state index is -0.0519. The Kier molecular flexibility index (Phi) is 3.42. The maximum atomic E-state index is 6.26. The largest absolute Gasteiger partial charge is 0.318 e. The summed E-state index contributed by atoms with van der Waals surface area (Å²) in [5.74, 6) is 0. The highest BCUT2D eigenvalue weighted by molar-refractivity contribution is 7.12. The van der Waals surface area contributed by atoms with Crippen LogP contribution in [0.4, 0.5) is 0 Å². The number of nitrogens with zero attached hydrogens (tertiary/aromatic N) is 1. The molecule has 0 fully saturated rings. The van der Waals surface area contributed by atoms with E-state index in [1.165, 1.54) is 21.0 Å². The van der Waals surface area contributed by atoms with Gasteiger partial charge in [0, 0.05) is 9.75 Å². The average Bonchev–Trinajstić information content (AvgIpc) is 2.83. The summed E-state index contributed by atoms with van der Waals surface area (Å²) >= 11 is 3.44. The number of rotatable bonds is 3. The number of hydrogen-bond acceptors (Lipinski definition) is 4. The molecule has 0 radical (unpaired) electrons. The van der Waals surface area contributed by atoms with E-state index in [2.05, 4.69) is 37.2 Å². The lowest BCUT2D eigenvalue weighted by atomic mass is 10.2. The number of aryl methyl sites for hydroxylation is 3. The Morgan fingerprint density at radius 1 is 1.44 bits per heavy atom. The van der Waals surface area contributed by atoms with Crippen LogP contribution in [0.1, 0.15) is 39.0 Å². The van der Waals surface area contributed by atoms with Crippen molar-refractivity contribution in [1.29, 1.82) is 0 Å². The third-order valence-electron chi connectivity index (χ3n) is 2.69. The summed E-state index contributed by atoms with van der Waals surface area (Å²) in [4.78, 5) is 7.15. The van der Waals surface area contributed by atoms with Crippen molar-refractivity contribution in [3.05, 3.63) is 37.5 Å². The van der Waals surface area contributed by atoms with Gasteiger partial charge in [-0.15, -0.1) is 22.7 Å². The molecule has 0 aliphatic rings. The molecule has 0 saturated heterocycles. The molecule has 2 nitrogen and oxygen atoms in total. The lowest BCUT2D eigenvalue weighted by Gasteiger charge is -2.07. The van der Waals surface area contributed by atoms with E-state index >= 15 is 0 Å². The molecule has 86 valence electrons. The number of thiazole rings is 1. The minimum Gasteiger partial charge on any atom is -0.318 e. The van der Waals surface area contributed by atoms with Gasteiger partial charge in [-0.25, -0.2) is 4.98 Å².